The van der Waals surface area contributed by atoms with Crippen molar-refractivity contribution in [2.24, 2.45) is 5.92 Å². The summed E-state index contributed by atoms with van der Waals surface area (Å²) in [4.78, 5) is 15.0. The fourth-order valence-corrected chi connectivity index (χ4v) is 4.96. The number of nitrogens with one attached hydrogen (secondary N) is 1. The molecule has 0 saturated carbocycles. The number of amides is 1. The lowest BCUT2D eigenvalue weighted by atomic mass is 9.99. The van der Waals surface area contributed by atoms with Crippen molar-refractivity contribution in [1.29, 1.82) is 0 Å². The number of thiophene rings is 1. The molecule has 0 spiro atoms. The number of hydrogen-bond donors (Lipinski definition) is 1. The quantitative estimate of drug-likeness (QED) is 0.927. The van der Waals surface area contributed by atoms with Crippen molar-refractivity contribution in [2.45, 2.75) is 44.9 Å². The molecule has 2 aliphatic rings. The van der Waals surface area contributed by atoms with Crippen LogP contribution in [0.5, 0.6) is 0 Å². The van der Waals surface area contributed by atoms with E-state index < -0.39 is 0 Å². The molecular weight excluding hydrogens is 288 g/mol. The Bertz CT molecular complexity index is 456. The smallest absolute Gasteiger partial charge is 0.241 e. The third-order valence-electron chi connectivity index (χ3n) is 4.51. The topological polar surface area (TPSA) is 32.3 Å². The van der Waals surface area contributed by atoms with Crippen molar-refractivity contribution >= 4 is 29.0 Å². The van der Waals surface area contributed by atoms with Crippen LogP contribution in [-0.4, -0.2) is 34.4 Å². The molecule has 20 heavy (non-hydrogen) atoms. The Morgan fingerprint density at radius 3 is 3.00 bits per heavy atom. The molecule has 1 aromatic rings. The normalized spacial score (nSPS) is 32.0. The van der Waals surface area contributed by atoms with Gasteiger partial charge in [-0.05, 0) is 40.5 Å². The van der Waals surface area contributed by atoms with Crippen LogP contribution in [0.4, 0.5) is 0 Å². The van der Waals surface area contributed by atoms with Crippen LogP contribution in [0.1, 0.15) is 38.4 Å². The summed E-state index contributed by atoms with van der Waals surface area (Å²) < 4.78 is 0. The van der Waals surface area contributed by atoms with Gasteiger partial charge in [0.15, 0.2) is 0 Å². The Balaban J connectivity index is 1.87. The highest BCUT2D eigenvalue weighted by atomic mass is 32.2. The van der Waals surface area contributed by atoms with Gasteiger partial charge in [0, 0.05) is 11.8 Å². The van der Waals surface area contributed by atoms with Crippen LogP contribution in [0, 0.1) is 5.92 Å². The molecule has 4 unspecified atom stereocenters. The maximum atomic E-state index is 12.9. The fourth-order valence-electron chi connectivity index (χ4n) is 3.07. The summed E-state index contributed by atoms with van der Waals surface area (Å²) in [5.41, 5.74) is 1.24. The third kappa shape index (κ3) is 2.51. The van der Waals surface area contributed by atoms with Crippen molar-refractivity contribution < 1.29 is 4.79 Å². The SMILES string of the molecule is CCC(C)C1NC(c2ccsc2)N(C2CCSC2)C1=O. The van der Waals surface area contributed by atoms with E-state index in [9.17, 15) is 4.79 Å². The van der Waals surface area contributed by atoms with Crippen molar-refractivity contribution in [3.63, 3.8) is 0 Å². The van der Waals surface area contributed by atoms with Gasteiger partial charge in [-0.15, -0.1) is 0 Å². The molecule has 2 fully saturated rings. The monoisotopic (exact) mass is 310 g/mol. The lowest BCUT2D eigenvalue weighted by Crippen LogP contribution is -2.41. The molecular formula is C15H22N2OS2. The second-order valence-corrected chi connectivity index (χ2v) is 7.68. The van der Waals surface area contributed by atoms with E-state index in [-0.39, 0.29) is 12.2 Å². The van der Waals surface area contributed by atoms with Crippen molar-refractivity contribution in [3.8, 4) is 0 Å². The molecule has 0 aliphatic carbocycles. The lowest BCUT2D eigenvalue weighted by Gasteiger charge is -2.29. The zero-order chi connectivity index (χ0) is 14.1. The molecule has 1 aromatic heterocycles. The molecule has 2 saturated heterocycles. The number of carbonyl (C=O) groups excluding carboxylic acids is 1. The predicted octanol–water partition coefficient (Wildman–Crippen LogP) is 3.10. The Morgan fingerprint density at radius 1 is 1.55 bits per heavy atom. The van der Waals surface area contributed by atoms with E-state index >= 15 is 0 Å². The highest BCUT2D eigenvalue weighted by Gasteiger charge is 2.45. The highest BCUT2D eigenvalue weighted by Crippen LogP contribution is 2.35. The second kappa shape index (κ2) is 6.08. The average Bonchev–Trinajstić information content (AvgIpc) is 3.17. The first-order valence-electron chi connectivity index (χ1n) is 7.40. The molecule has 3 nitrogen and oxygen atoms in total. The van der Waals surface area contributed by atoms with Crippen LogP contribution < -0.4 is 5.32 Å². The Kier molecular flexibility index (Phi) is 4.38. The minimum absolute atomic E-state index is 0.0181. The van der Waals surface area contributed by atoms with E-state index in [1.165, 1.54) is 11.3 Å². The summed E-state index contributed by atoms with van der Waals surface area (Å²) in [6, 6.07) is 2.53. The van der Waals surface area contributed by atoms with Gasteiger partial charge >= 0.3 is 0 Å². The van der Waals surface area contributed by atoms with Crippen LogP contribution in [-0.2, 0) is 4.79 Å². The number of nitrogens with zero attached hydrogens (tertiary/aromatic N) is 1. The van der Waals surface area contributed by atoms with E-state index in [4.69, 9.17) is 0 Å². The summed E-state index contributed by atoms with van der Waals surface area (Å²) in [6.07, 6.45) is 2.25. The highest BCUT2D eigenvalue weighted by molar-refractivity contribution is 7.99. The van der Waals surface area contributed by atoms with Crippen LogP contribution in [0.25, 0.3) is 0 Å². The van der Waals surface area contributed by atoms with Gasteiger partial charge < -0.3 is 4.90 Å². The Hall–Kier alpha value is -0.520. The maximum absolute atomic E-state index is 12.9. The fraction of sp³-hybridized carbons (Fsp3) is 0.667. The molecule has 2 aliphatic heterocycles. The molecule has 4 atom stereocenters. The van der Waals surface area contributed by atoms with E-state index in [2.05, 4.69) is 40.9 Å². The van der Waals surface area contributed by atoms with Crippen molar-refractivity contribution in [1.82, 2.24) is 10.2 Å². The summed E-state index contributed by atoms with van der Waals surface area (Å²) >= 11 is 3.67. The van der Waals surface area contributed by atoms with Gasteiger partial charge in [-0.1, -0.05) is 20.3 Å². The van der Waals surface area contributed by atoms with E-state index in [0.29, 0.717) is 17.9 Å². The molecule has 110 valence electrons. The zero-order valence-corrected chi connectivity index (χ0v) is 13.7. The summed E-state index contributed by atoms with van der Waals surface area (Å²) in [5.74, 6) is 2.96. The van der Waals surface area contributed by atoms with Crippen LogP contribution in [0.15, 0.2) is 16.8 Å². The molecule has 1 amide bonds. The largest absolute Gasteiger partial charge is 0.318 e. The Labute approximate surface area is 129 Å². The number of thioether (sulfide) groups is 1. The minimum atomic E-state index is -0.0181. The van der Waals surface area contributed by atoms with Gasteiger partial charge in [0.1, 0.15) is 6.17 Å². The van der Waals surface area contributed by atoms with E-state index in [1.807, 2.05) is 11.8 Å². The van der Waals surface area contributed by atoms with Crippen molar-refractivity contribution in [2.75, 3.05) is 11.5 Å². The first kappa shape index (κ1) is 14.4. The van der Waals surface area contributed by atoms with Gasteiger partial charge in [0.05, 0.1) is 6.04 Å². The van der Waals surface area contributed by atoms with E-state index in [1.54, 1.807) is 11.3 Å². The molecule has 0 bridgehead atoms. The van der Waals surface area contributed by atoms with Gasteiger partial charge in [-0.2, -0.15) is 23.1 Å². The Morgan fingerprint density at radius 2 is 2.40 bits per heavy atom. The molecule has 0 radical (unpaired) electrons. The average molecular weight is 310 g/mol. The molecule has 3 rings (SSSR count). The van der Waals surface area contributed by atoms with Crippen LogP contribution >= 0.6 is 23.1 Å². The molecule has 0 aromatic carbocycles. The van der Waals surface area contributed by atoms with Crippen molar-refractivity contribution in [3.05, 3.63) is 22.4 Å². The standard InChI is InChI=1S/C15H22N2OS2/c1-3-10(2)13-15(18)17(12-5-7-20-9-12)14(16-13)11-4-6-19-8-11/h4,6,8,10,12-14,16H,3,5,7,9H2,1-2H3. The zero-order valence-electron chi connectivity index (χ0n) is 12.0. The first-order chi connectivity index (χ1) is 9.72. The second-order valence-electron chi connectivity index (χ2n) is 5.75. The third-order valence-corrected chi connectivity index (χ3v) is 6.35. The van der Waals surface area contributed by atoms with Gasteiger partial charge in [0.25, 0.3) is 0 Å². The minimum Gasteiger partial charge on any atom is -0.318 e. The molecule has 1 N–H and O–H groups in total. The maximum Gasteiger partial charge on any atom is 0.241 e. The van der Waals surface area contributed by atoms with Crippen LogP contribution in [0.3, 0.4) is 0 Å². The summed E-state index contributed by atoms with van der Waals surface area (Å²) in [7, 11) is 0. The molecule has 3 heterocycles. The lowest BCUT2D eigenvalue weighted by molar-refractivity contribution is -0.132. The van der Waals surface area contributed by atoms with Crippen LogP contribution in [0.2, 0.25) is 0 Å². The number of rotatable bonds is 4. The predicted molar refractivity (Wildman–Crippen MR) is 86.0 cm³/mol. The number of carbonyl (C=O) groups is 1. The summed E-state index contributed by atoms with van der Waals surface area (Å²) in [5, 5.41) is 7.86. The van der Waals surface area contributed by atoms with Gasteiger partial charge in [0.2, 0.25) is 5.91 Å². The van der Waals surface area contributed by atoms with Gasteiger partial charge in [-0.3, -0.25) is 10.1 Å². The first-order valence-corrected chi connectivity index (χ1v) is 9.50. The molecule has 5 heteroatoms. The summed E-state index contributed by atoms with van der Waals surface area (Å²) in [6.45, 7) is 4.33. The van der Waals surface area contributed by atoms with E-state index in [0.717, 1.165) is 18.6 Å². The number of hydrogen-bond acceptors (Lipinski definition) is 4. The van der Waals surface area contributed by atoms with Gasteiger partial charge in [-0.25, -0.2) is 0 Å².